The SMILES string of the molecule is Cc1ccc2nc(-c3cccnc3)cc(C(=O)NC3C4CCOC4C34CCC4)c2c1. The van der Waals surface area contributed by atoms with Crippen molar-refractivity contribution in [3.63, 3.8) is 0 Å². The highest BCUT2D eigenvalue weighted by atomic mass is 16.5. The molecule has 152 valence electrons. The molecule has 3 atom stereocenters. The van der Waals surface area contributed by atoms with Gasteiger partial charge in [0.1, 0.15) is 0 Å². The summed E-state index contributed by atoms with van der Waals surface area (Å²) in [6.45, 7) is 2.87. The molecule has 30 heavy (non-hydrogen) atoms. The maximum atomic E-state index is 13.6. The minimum atomic E-state index is -0.000217. The van der Waals surface area contributed by atoms with Crippen molar-refractivity contribution in [2.45, 2.75) is 44.8 Å². The van der Waals surface area contributed by atoms with Crippen molar-refractivity contribution in [2.75, 3.05) is 6.61 Å². The zero-order valence-electron chi connectivity index (χ0n) is 17.1. The minimum Gasteiger partial charge on any atom is -0.377 e. The van der Waals surface area contributed by atoms with Crippen LogP contribution >= 0.6 is 0 Å². The number of aryl methyl sites for hydroxylation is 1. The molecule has 3 unspecified atom stereocenters. The molecule has 5 heteroatoms. The van der Waals surface area contributed by atoms with Crippen molar-refractivity contribution in [3.8, 4) is 11.3 Å². The van der Waals surface area contributed by atoms with Crippen LogP contribution in [0.25, 0.3) is 22.2 Å². The van der Waals surface area contributed by atoms with E-state index in [0.29, 0.717) is 17.6 Å². The summed E-state index contributed by atoms with van der Waals surface area (Å²) in [4.78, 5) is 22.6. The molecule has 6 rings (SSSR count). The van der Waals surface area contributed by atoms with Crippen LogP contribution in [0, 0.1) is 18.3 Å². The van der Waals surface area contributed by atoms with Crippen LogP contribution in [0.5, 0.6) is 0 Å². The number of carbonyl (C=O) groups excluding carboxylic acids is 1. The first-order valence-electron chi connectivity index (χ1n) is 10.9. The second-order valence-electron chi connectivity index (χ2n) is 9.10. The van der Waals surface area contributed by atoms with Gasteiger partial charge in [0.2, 0.25) is 0 Å². The van der Waals surface area contributed by atoms with Gasteiger partial charge in [-0.1, -0.05) is 18.1 Å². The van der Waals surface area contributed by atoms with E-state index in [0.717, 1.165) is 53.6 Å². The monoisotopic (exact) mass is 399 g/mol. The van der Waals surface area contributed by atoms with Crippen molar-refractivity contribution in [1.29, 1.82) is 0 Å². The third-order valence-corrected chi connectivity index (χ3v) is 7.49. The zero-order chi connectivity index (χ0) is 20.3. The molecule has 3 heterocycles. The van der Waals surface area contributed by atoms with Gasteiger partial charge in [-0.25, -0.2) is 4.98 Å². The van der Waals surface area contributed by atoms with Crippen LogP contribution in [0.1, 0.15) is 41.6 Å². The number of ether oxygens (including phenoxy) is 1. The van der Waals surface area contributed by atoms with Crippen LogP contribution in [0.15, 0.2) is 48.8 Å². The first-order chi connectivity index (χ1) is 14.7. The van der Waals surface area contributed by atoms with Gasteiger partial charge in [-0.05, 0) is 56.5 Å². The third kappa shape index (κ3) is 2.54. The Bertz CT molecular complexity index is 1140. The highest BCUT2D eigenvalue weighted by molar-refractivity contribution is 6.07. The van der Waals surface area contributed by atoms with E-state index in [1.165, 1.54) is 6.42 Å². The Morgan fingerprint density at radius 1 is 1.23 bits per heavy atom. The van der Waals surface area contributed by atoms with Crippen molar-refractivity contribution < 1.29 is 9.53 Å². The number of aromatic nitrogens is 2. The predicted octanol–water partition coefficient (Wildman–Crippen LogP) is 4.29. The average molecular weight is 399 g/mol. The number of rotatable bonds is 3. The number of benzene rings is 1. The maximum absolute atomic E-state index is 13.6. The number of pyridine rings is 2. The van der Waals surface area contributed by atoms with E-state index < -0.39 is 0 Å². The molecule has 3 aromatic rings. The van der Waals surface area contributed by atoms with E-state index in [2.05, 4.69) is 16.4 Å². The molecule has 5 nitrogen and oxygen atoms in total. The summed E-state index contributed by atoms with van der Waals surface area (Å²) in [5, 5.41) is 4.33. The lowest BCUT2D eigenvalue weighted by Crippen LogP contribution is -2.71. The summed E-state index contributed by atoms with van der Waals surface area (Å²) in [6, 6.07) is 12.1. The molecule has 0 bridgehead atoms. The fourth-order valence-electron chi connectivity index (χ4n) is 5.86. The summed E-state index contributed by atoms with van der Waals surface area (Å²) < 4.78 is 6.02. The molecule has 1 spiro atoms. The van der Waals surface area contributed by atoms with Gasteiger partial charge in [-0.2, -0.15) is 0 Å². The largest absolute Gasteiger partial charge is 0.377 e. The Morgan fingerprint density at radius 3 is 2.90 bits per heavy atom. The number of hydrogen-bond acceptors (Lipinski definition) is 4. The summed E-state index contributed by atoms with van der Waals surface area (Å²) in [5.74, 6) is 0.460. The van der Waals surface area contributed by atoms with E-state index in [-0.39, 0.29) is 17.4 Å². The van der Waals surface area contributed by atoms with Gasteiger partial charge in [0, 0.05) is 47.3 Å². The van der Waals surface area contributed by atoms with Crippen LogP contribution < -0.4 is 5.32 Å². The summed E-state index contributed by atoms with van der Waals surface area (Å²) in [7, 11) is 0. The number of nitrogens with zero attached hydrogens (tertiary/aromatic N) is 2. The molecule has 0 radical (unpaired) electrons. The van der Waals surface area contributed by atoms with E-state index in [1.54, 1.807) is 12.4 Å². The van der Waals surface area contributed by atoms with Gasteiger partial charge in [0.05, 0.1) is 22.9 Å². The van der Waals surface area contributed by atoms with Gasteiger partial charge in [0.15, 0.2) is 0 Å². The second kappa shape index (κ2) is 6.61. The average Bonchev–Trinajstić information content (AvgIpc) is 3.15. The van der Waals surface area contributed by atoms with Gasteiger partial charge >= 0.3 is 0 Å². The Kier molecular flexibility index (Phi) is 3.97. The molecule has 1 aliphatic heterocycles. The lowest BCUT2D eigenvalue weighted by molar-refractivity contribution is -0.172. The third-order valence-electron chi connectivity index (χ3n) is 7.49. The van der Waals surface area contributed by atoms with Gasteiger partial charge < -0.3 is 10.1 Å². The highest BCUT2D eigenvalue weighted by Gasteiger charge is 2.66. The zero-order valence-corrected chi connectivity index (χ0v) is 17.1. The summed E-state index contributed by atoms with van der Waals surface area (Å²) in [6.07, 6.45) is 8.50. The number of nitrogens with one attached hydrogen (secondary N) is 1. The van der Waals surface area contributed by atoms with Crippen molar-refractivity contribution in [1.82, 2.24) is 15.3 Å². The molecule has 1 N–H and O–H groups in total. The van der Waals surface area contributed by atoms with Gasteiger partial charge in [0.25, 0.3) is 5.91 Å². The Morgan fingerprint density at radius 2 is 2.13 bits per heavy atom. The molecule has 1 saturated heterocycles. The molecular formula is C25H25N3O2. The van der Waals surface area contributed by atoms with E-state index in [4.69, 9.17) is 9.72 Å². The summed E-state index contributed by atoms with van der Waals surface area (Å²) in [5.41, 5.74) is 4.51. The smallest absolute Gasteiger partial charge is 0.252 e. The minimum absolute atomic E-state index is 0.000217. The van der Waals surface area contributed by atoms with E-state index >= 15 is 0 Å². The first-order valence-corrected chi connectivity index (χ1v) is 10.9. The lowest BCUT2D eigenvalue weighted by atomic mass is 9.46. The summed E-state index contributed by atoms with van der Waals surface area (Å²) >= 11 is 0. The Hall–Kier alpha value is -2.79. The van der Waals surface area contributed by atoms with E-state index in [1.807, 2.05) is 37.3 Å². The molecule has 1 amide bonds. The molecule has 2 saturated carbocycles. The first kappa shape index (κ1) is 18.0. The standard InChI is InChI=1S/C25H25N3O2/c1-15-5-6-20-18(12-15)19(13-21(27-20)16-4-2-10-26-14-16)24(29)28-22-17-7-11-30-23(17)25(22)8-3-9-25/h2,4-6,10,12-14,17,22-23H,3,7-9,11H2,1H3,(H,28,29). The van der Waals surface area contributed by atoms with Crippen molar-refractivity contribution in [3.05, 3.63) is 59.9 Å². The molecular weight excluding hydrogens is 374 g/mol. The highest BCUT2D eigenvalue weighted by Crippen LogP contribution is 2.62. The maximum Gasteiger partial charge on any atom is 0.252 e. The van der Waals surface area contributed by atoms with Crippen LogP contribution in [-0.4, -0.2) is 34.6 Å². The van der Waals surface area contributed by atoms with E-state index in [9.17, 15) is 4.79 Å². The Balaban J connectivity index is 1.40. The topological polar surface area (TPSA) is 64.1 Å². The molecule has 1 aromatic carbocycles. The normalized spacial score (nSPS) is 26.1. The molecule has 2 aliphatic carbocycles. The van der Waals surface area contributed by atoms with Gasteiger partial charge in [-0.15, -0.1) is 0 Å². The number of fused-ring (bicyclic) bond motifs is 3. The second-order valence-corrected chi connectivity index (χ2v) is 9.10. The lowest BCUT2D eigenvalue weighted by Gasteiger charge is -2.63. The van der Waals surface area contributed by atoms with Gasteiger partial charge in [-0.3, -0.25) is 9.78 Å². The van der Waals surface area contributed by atoms with Crippen molar-refractivity contribution >= 4 is 16.8 Å². The van der Waals surface area contributed by atoms with Crippen LogP contribution in [0.2, 0.25) is 0 Å². The quantitative estimate of drug-likeness (QED) is 0.714. The molecule has 3 aliphatic rings. The van der Waals surface area contributed by atoms with Crippen LogP contribution in [-0.2, 0) is 4.74 Å². The Labute approximate surface area is 175 Å². The van der Waals surface area contributed by atoms with Crippen LogP contribution in [0.4, 0.5) is 0 Å². The fraction of sp³-hybridized carbons (Fsp3) is 0.400. The number of amides is 1. The molecule has 3 fully saturated rings. The molecule has 2 aromatic heterocycles. The number of carbonyl (C=O) groups is 1. The van der Waals surface area contributed by atoms with Crippen LogP contribution in [0.3, 0.4) is 0 Å². The number of hydrogen-bond donors (Lipinski definition) is 1. The predicted molar refractivity (Wildman–Crippen MR) is 115 cm³/mol. The fourth-order valence-corrected chi connectivity index (χ4v) is 5.86. The van der Waals surface area contributed by atoms with Crippen molar-refractivity contribution in [2.24, 2.45) is 11.3 Å².